The molecule has 25 heavy (non-hydrogen) atoms. The number of nitrogens with one attached hydrogen (secondary N) is 1. The molecule has 0 heterocycles. The summed E-state index contributed by atoms with van der Waals surface area (Å²) in [6.07, 6.45) is -7.17. The Morgan fingerprint density at radius 2 is 1.40 bits per heavy atom. The van der Waals surface area contributed by atoms with Gasteiger partial charge in [0.1, 0.15) is 0 Å². The van der Waals surface area contributed by atoms with E-state index in [2.05, 4.69) is 11.3 Å². The third-order valence-electron chi connectivity index (χ3n) is 2.76. The number of rotatable bonds is 7. The number of sulfonamides is 1. The minimum Gasteiger partial charge on any atom is -0.466 e. The highest BCUT2D eigenvalue weighted by Crippen LogP contribution is 2.54. The Morgan fingerprint density at radius 1 is 1.00 bits per heavy atom. The first-order valence-electron chi connectivity index (χ1n) is 5.77. The molecule has 0 aromatic rings. The predicted octanol–water partition coefficient (Wildman–Crippen LogP) is 2.45. The van der Waals surface area contributed by atoms with E-state index in [9.17, 15) is 52.7 Å². The van der Waals surface area contributed by atoms with E-state index in [-0.39, 0.29) is 0 Å². The van der Waals surface area contributed by atoms with Crippen molar-refractivity contribution in [1.82, 2.24) is 4.72 Å². The largest absolute Gasteiger partial charge is 0.466 e. The molecule has 0 fully saturated rings. The van der Waals surface area contributed by atoms with Gasteiger partial charge >= 0.3 is 29.2 Å². The maximum atomic E-state index is 13.4. The fraction of sp³-hybridized carbons (Fsp3) is 0.700. The first kappa shape index (κ1) is 23.5. The third kappa shape index (κ3) is 3.86. The Kier molecular flexibility index (Phi) is 6.26. The molecule has 0 saturated carbocycles. The summed E-state index contributed by atoms with van der Waals surface area (Å²) in [7, 11) is -6.08. The summed E-state index contributed by atoms with van der Waals surface area (Å²) in [5.74, 6) is -16.1. The number of hydrogen-bond acceptors (Lipinski definition) is 4. The summed E-state index contributed by atoms with van der Waals surface area (Å²) in [4.78, 5) is 11.0. The van der Waals surface area contributed by atoms with Crippen LogP contribution >= 0.6 is 0 Å². The van der Waals surface area contributed by atoms with Crippen molar-refractivity contribution < 1.29 is 57.5 Å². The van der Waals surface area contributed by atoms with E-state index in [0.29, 0.717) is 11.6 Å². The minimum absolute atomic E-state index is 0.604. The Morgan fingerprint density at radius 3 is 1.72 bits per heavy atom. The standard InChI is InChI=1S/C10H10F9NO4S/c1-4(6(21)24-3)5(2)20-25(22,23)10(18,19)8(13,14)7(11,12)9(15,16)17/h5,20H,1H2,2-3H3. The smallest absolute Gasteiger partial charge is 0.460 e. The zero-order valence-electron chi connectivity index (χ0n) is 12.2. The van der Waals surface area contributed by atoms with Crippen LogP contribution in [-0.4, -0.2) is 50.8 Å². The van der Waals surface area contributed by atoms with Crippen LogP contribution in [0.15, 0.2) is 12.2 Å². The number of carbonyl (C=O) groups excluding carboxylic acids is 1. The summed E-state index contributed by atoms with van der Waals surface area (Å²) in [6, 6.07) is -2.08. The monoisotopic (exact) mass is 411 g/mol. The van der Waals surface area contributed by atoms with Gasteiger partial charge in [-0.25, -0.2) is 17.9 Å². The maximum absolute atomic E-state index is 13.4. The second kappa shape index (κ2) is 6.66. The van der Waals surface area contributed by atoms with Crippen LogP contribution in [0.2, 0.25) is 0 Å². The number of carbonyl (C=O) groups is 1. The molecule has 0 amide bonds. The fourth-order valence-electron chi connectivity index (χ4n) is 1.22. The van der Waals surface area contributed by atoms with Crippen molar-refractivity contribution in [2.24, 2.45) is 0 Å². The number of methoxy groups -OCH3 is 1. The van der Waals surface area contributed by atoms with Gasteiger partial charge in [-0.1, -0.05) is 6.58 Å². The van der Waals surface area contributed by atoms with Gasteiger partial charge in [0.15, 0.2) is 0 Å². The van der Waals surface area contributed by atoms with Crippen molar-refractivity contribution in [3.05, 3.63) is 12.2 Å². The number of hydrogen-bond donors (Lipinski definition) is 1. The molecule has 0 aliphatic heterocycles. The molecular weight excluding hydrogens is 401 g/mol. The number of ether oxygens (including phenoxy) is 1. The SMILES string of the molecule is C=C(C(=O)OC)C(C)NS(=O)(=O)C(F)(F)C(F)(F)C(F)(F)C(F)(F)F. The Labute approximate surface area is 134 Å². The molecule has 15 heteroatoms. The average Bonchev–Trinajstić information content (AvgIpc) is 2.43. The molecule has 1 unspecified atom stereocenters. The Bertz CT molecular complexity index is 641. The van der Waals surface area contributed by atoms with E-state index in [1.54, 1.807) is 0 Å². The van der Waals surface area contributed by atoms with Gasteiger partial charge in [-0.15, -0.1) is 0 Å². The average molecular weight is 411 g/mol. The van der Waals surface area contributed by atoms with E-state index in [1.165, 1.54) is 0 Å². The van der Waals surface area contributed by atoms with Gasteiger partial charge < -0.3 is 4.74 Å². The Hall–Kier alpha value is -1.51. The van der Waals surface area contributed by atoms with Gasteiger partial charge in [0.05, 0.1) is 13.2 Å². The normalized spacial score (nSPS) is 15.6. The summed E-state index contributed by atoms with van der Waals surface area (Å²) >= 11 is 0. The third-order valence-corrected chi connectivity index (χ3v) is 4.35. The topological polar surface area (TPSA) is 72.5 Å². The quantitative estimate of drug-likeness (QED) is 0.397. The highest BCUT2D eigenvalue weighted by atomic mass is 32.2. The summed E-state index contributed by atoms with van der Waals surface area (Å²) in [6.45, 7) is 3.48. The van der Waals surface area contributed by atoms with Gasteiger partial charge in [0.2, 0.25) is 0 Å². The number of esters is 1. The van der Waals surface area contributed by atoms with Crippen molar-refractivity contribution in [2.75, 3.05) is 7.11 Å². The lowest BCUT2D eigenvalue weighted by atomic mass is 10.1. The van der Waals surface area contributed by atoms with E-state index >= 15 is 0 Å². The fourth-order valence-corrected chi connectivity index (χ4v) is 2.44. The molecule has 148 valence electrons. The highest BCUT2D eigenvalue weighted by Gasteiger charge is 2.85. The van der Waals surface area contributed by atoms with Gasteiger partial charge in [0, 0.05) is 5.57 Å². The van der Waals surface area contributed by atoms with Crippen LogP contribution in [-0.2, 0) is 19.6 Å². The lowest BCUT2D eigenvalue weighted by Gasteiger charge is -2.33. The van der Waals surface area contributed by atoms with Crippen molar-refractivity contribution in [3.63, 3.8) is 0 Å². The zero-order chi connectivity index (χ0) is 20.6. The minimum atomic E-state index is -7.37. The van der Waals surface area contributed by atoms with Crippen LogP contribution in [0.4, 0.5) is 39.5 Å². The van der Waals surface area contributed by atoms with E-state index < -0.39 is 50.9 Å². The zero-order valence-corrected chi connectivity index (χ0v) is 13.0. The molecule has 0 aliphatic rings. The van der Waals surface area contributed by atoms with Crippen LogP contribution in [0.3, 0.4) is 0 Å². The van der Waals surface area contributed by atoms with Crippen LogP contribution in [0.5, 0.6) is 0 Å². The maximum Gasteiger partial charge on any atom is 0.460 e. The van der Waals surface area contributed by atoms with Crippen molar-refractivity contribution >= 4 is 16.0 Å². The Balaban J connectivity index is 5.91. The lowest BCUT2D eigenvalue weighted by Crippen LogP contribution is -2.65. The molecule has 1 N–H and O–H groups in total. The van der Waals surface area contributed by atoms with Crippen LogP contribution in [0.25, 0.3) is 0 Å². The first-order valence-corrected chi connectivity index (χ1v) is 7.25. The van der Waals surface area contributed by atoms with E-state index in [4.69, 9.17) is 0 Å². The summed E-state index contributed by atoms with van der Waals surface area (Å²) in [5.41, 5.74) is -0.909. The molecule has 0 bridgehead atoms. The van der Waals surface area contributed by atoms with Crippen LogP contribution < -0.4 is 4.72 Å². The van der Waals surface area contributed by atoms with Crippen LogP contribution in [0.1, 0.15) is 6.92 Å². The molecule has 5 nitrogen and oxygen atoms in total. The highest BCUT2D eigenvalue weighted by molar-refractivity contribution is 7.90. The summed E-state index contributed by atoms with van der Waals surface area (Å²) in [5, 5.41) is -6.90. The molecule has 1 atom stereocenters. The van der Waals surface area contributed by atoms with Gasteiger partial charge in [0.25, 0.3) is 10.0 Å². The number of alkyl halides is 9. The predicted molar refractivity (Wildman–Crippen MR) is 63.6 cm³/mol. The summed E-state index contributed by atoms with van der Waals surface area (Å²) < 4.78 is 141. The van der Waals surface area contributed by atoms with Gasteiger partial charge in [-0.05, 0) is 6.92 Å². The van der Waals surface area contributed by atoms with Crippen molar-refractivity contribution in [2.45, 2.75) is 36.2 Å². The molecule has 0 spiro atoms. The second-order valence-electron chi connectivity index (χ2n) is 4.52. The van der Waals surface area contributed by atoms with Crippen LogP contribution in [0, 0.1) is 0 Å². The van der Waals surface area contributed by atoms with Crippen molar-refractivity contribution in [3.8, 4) is 0 Å². The second-order valence-corrected chi connectivity index (χ2v) is 6.28. The number of halogens is 9. The molecule has 0 radical (unpaired) electrons. The molecule has 0 aromatic carbocycles. The molecule has 0 aromatic heterocycles. The first-order chi connectivity index (χ1) is 10.8. The van der Waals surface area contributed by atoms with E-state index in [1.807, 2.05) is 0 Å². The molecular formula is C10H10F9NO4S. The molecule has 0 aliphatic carbocycles. The molecule has 0 saturated heterocycles. The van der Waals surface area contributed by atoms with Crippen molar-refractivity contribution in [1.29, 1.82) is 0 Å². The van der Waals surface area contributed by atoms with Gasteiger partial charge in [-0.3, -0.25) is 0 Å². The lowest BCUT2D eigenvalue weighted by molar-refractivity contribution is -0.382. The van der Waals surface area contributed by atoms with Gasteiger partial charge in [-0.2, -0.15) is 39.5 Å². The van der Waals surface area contributed by atoms with E-state index in [0.717, 1.165) is 7.11 Å². The molecule has 0 rings (SSSR count).